The van der Waals surface area contributed by atoms with E-state index in [0.717, 1.165) is 18.8 Å². The zero-order chi connectivity index (χ0) is 19.5. The van der Waals surface area contributed by atoms with Crippen LogP contribution in [-0.4, -0.2) is 24.9 Å². The minimum absolute atomic E-state index is 0.298. The number of rotatable bonds is 19. The van der Waals surface area contributed by atoms with Gasteiger partial charge in [0.05, 0.1) is 0 Å². The molecule has 0 aliphatic heterocycles. The van der Waals surface area contributed by atoms with Crippen molar-refractivity contribution in [3.63, 3.8) is 0 Å². The molecule has 1 unspecified atom stereocenters. The van der Waals surface area contributed by atoms with Crippen molar-refractivity contribution >= 4 is 5.91 Å². The Balaban J connectivity index is 3.78. The number of unbranched alkanes of at least 4 members (excludes halogenated alkanes) is 12. The summed E-state index contributed by atoms with van der Waals surface area (Å²) >= 11 is 0. The summed E-state index contributed by atoms with van der Waals surface area (Å²) < 4.78 is 0. The smallest absolute Gasteiger partial charge is 0.222 e. The van der Waals surface area contributed by atoms with Crippen LogP contribution in [0.5, 0.6) is 0 Å². The molecule has 0 bridgehead atoms. The van der Waals surface area contributed by atoms with Crippen molar-refractivity contribution in [1.82, 2.24) is 4.90 Å². The number of hydrogen-bond acceptors (Lipinski definition) is 1. The van der Waals surface area contributed by atoms with E-state index in [0.29, 0.717) is 5.91 Å². The fourth-order valence-corrected chi connectivity index (χ4v) is 3.76. The van der Waals surface area contributed by atoms with E-state index in [1.54, 1.807) is 4.90 Å². The molecule has 1 amide bonds. The van der Waals surface area contributed by atoms with Crippen molar-refractivity contribution in [3.8, 4) is 0 Å². The third-order valence-corrected chi connectivity index (χ3v) is 5.70. The molecular weight excluding hydrogens is 318 g/mol. The molecule has 0 saturated carbocycles. The zero-order valence-electron chi connectivity index (χ0n) is 18.7. The predicted octanol–water partition coefficient (Wildman–Crippen LogP) is 7.75. The lowest BCUT2D eigenvalue weighted by Crippen LogP contribution is -2.22. The molecule has 0 radical (unpaired) electrons. The first-order valence-electron chi connectivity index (χ1n) is 11.8. The summed E-state index contributed by atoms with van der Waals surface area (Å²) in [6, 6.07) is 0. The summed E-state index contributed by atoms with van der Waals surface area (Å²) in [6.07, 6.45) is 24.0. The number of hydrogen-bond donors (Lipinski definition) is 0. The summed E-state index contributed by atoms with van der Waals surface area (Å²) in [5, 5.41) is 0. The maximum absolute atomic E-state index is 11.9. The van der Waals surface area contributed by atoms with Crippen LogP contribution in [0.4, 0.5) is 0 Å². The van der Waals surface area contributed by atoms with E-state index in [1.165, 1.54) is 103 Å². The lowest BCUT2D eigenvalue weighted by Gasteiger charge is -2.18. The van der Waals surface area contributed by atoms with Crippen molar-refractivity contribution in [1.29, 1.82) is 0 Å². The van der Waals surface area contributed by atoms with Gasteiger partial charge in [-0.1, -0.05) is 117 Å². The molecule has 2 nitrogen and oxygen atoms in total. The van der Waals surface area contributed by atoms with E-state index >= 15 is 0 Å². The minimum Gasteiger partial charge on any atom is -0.349 e. The van der Waals surface area contributed by atoms with Gasteiger partial charge >= 0.3 is 0 Å². The van der Waals surface area contributed by atoms with Crippen molar-refractivity contribution < 1.29 is 4.79 Å². The van der Waals surface area contributed by atoms with Crippen LogP contribution < -0.4 is 0 Å². The molecule has 0 heterocycles. The lowest BCUT2D eigenvalue weighted by atomic mass is 9.90. The molecule has 0 fully saturated rings. The van der Waals surface area contributed by atoms with E-state index in [1.807, 2.05) is 14.1 Å². The van der Waals surface area contributed by atoms with Gasteiger partial charge in [-0.15, -0.1) is 0 Å². The Kier molecular flexibility index (Phi) is 18.8. The van der Waals surface area contributed by atoms with Gasteiger partial charge in [-0.25, -0.2) is 0 Å². The lowest BCUT2D eigenvalue weighted by molar-refractivity contribution is -0.129. The largest absolute Gasteiger partial charge is 0.349 e. The Hall–Kier alpha value is -0.530. The van der Waals surface area contributed by atoms with Crippen molar-refractivity contribution in [2.45, 2.75) is 129 Å². The van der Waals surface area contributed by atoms with E-state index in [2.05, 4.69) is 13.8 Å². The number of carbonyl (C=O) groups is 1. The van der Waals surface area contributed by atoms with Crippen LogP contribution in [0, 0.1) is 5.92 Å². The first-order chi connectivity index (χ1) is 12.6. The number of nitrogens with zero attached hydrogens (tertiary/aromatic N) is 1. The van der Waals surface area contributed by atoms with Gasteiger partial charge in [0.1, 0.15) is 0 Å². The molecule has 0 aromatic heterocycles. The van der Waals surface area contributed by atoms with Gasteiger partial charge in [0.2, 0.25) is 5.91 Å². The third kappa shape index (κ3) is 16.9. The van der Waals surface area contributed by atoms with Crippen molar-refractivity contribution in [2.24, 2.45) is 5.92 Å². The molecule has 0 rings (SSSR count). The standard InChI is InChI=1S/C24H49NO/c1-5-7-9-11-12-13-14-15-16-18-20-23(19-17-10-8-6-2)21-22-24(26)25(3)4/h23H,5-22H2,1-4H3. The average molecular weight is 368 g/mol. The first-order valence-corrected chi connectivity index (χ1v) is 11.8. The Morgan fingerprint density at radius 3 is 1.42 bits per heavy atom. The molecule has 0 aromatic rings. The van der Waals surface area contributed by atoms with Crippen LogP contribution in [0.15, 0.2) is 0 Å². The molecule has 0 N–H and O–H groups in total. The molecular formula is C24H49NO. The zero-order valence-corrected chi connectivity index (χ0v) is 18.7. The quantitative estimate of drug-likeness (QED) is 0.214. The Morgan fingerprint density at radius 2 is 1.00 bits per heavy atom. The normalized spacial score (nSPS) is 12.3. The van der Waals surface area contributed by atoms with Gasteiger partial charge < -0.3 is 4.90 Å². The maximum Gasteiger partial charge on any atom is 0.222 e. The van der Waals surface area contributed by atoms with E-state index in [4.69, 9.17) is 0 Å². The minimum atomic E-state index is 0.298. The summed E-state index contributed by atoms with van der Waals surface area (Å²) in [4.78, 5) is 13.6. The molecule has 26 heavy (non-hydrogen) atoms. The van der Waals surface area contributed by atoms with Gasteiger partial charge in [0, 0.05) is 20.5 Å². The molecule has 0 aliphatic carbocycles. The van der Waals surface area contributed by atoms with Crippen LogP contribution in [0.1, 0.15) is 129 Å². The van der Waals surface area contributed by atoms with Crippen LogP contribution in [0.3, 0.4) is 0 Å². The highest BCUT2D eigenvalue weighted by Gasteiger charge is 2.12. The highest BCUT2D eigenvalue weighted by Crippen LogP contribution is 2.23. The molecule has 156 valence electrons. The second-order valence-electron chi connectivity index (χ2n) is 8.51. The van der Waals surface area contributed by atoms with E-state index < -0.39 is 0 Å². The fraction of sp³-hybridized carbons (Fsp3) is 0.958. The molecule has 0 aliphatic rings. The van der Waals surface area contributed by atoms with Crippen LogP contribution >= 0.6 is 0 Å². The van der Waals surface area contributed by atoms with E-state index in [-0.39, 0.29) is 0 Å². The summed E-state index contributed by atoms with van der Waals surface area (Å²) in [5.41, 5.74) is 0. The summed E-state index contributed by atoms with van der Waals surface area (Å²) in [6.45, 7) is 4.56. The molecule has 1 atom stereocenters. The highest BCUT2D eigenvalue weighted by molar-refractivity contribution is 5.75. The number of amides is 1. The van der Waals surface area contributed by atoms with Crippen LogP contribution in [0.2, 0.25) is 0 Å². The van der Waals surface area contributed by atoms with Gasteiger partial charge in [-0.3, -0.25) is 4.79 Å². The van der Waals surface area contributed by atoms with Gasteiger partial charge in [0.25, 0.3) is 0 Å². The maximum atomic E-state index is 11.9. The molecule has 0 spiro atoms. The van der Waals surface area contributed by atoms with Gasteiger partial charge in [0.15, 0.2) is 0 Å². The highest BCUT2D eigenvalue weighted by atomic mass is 16.2. The van der Waals surface area contributed by atoms with E-state index in [9.17, 15) is 4.79 Å². The average Bonchev–Trinajstić information content (AvgIpc) is 2.63. The number of carbonyl (C=O) groups excluding carboxylic acids is 1. The first kappa shape index (κ1) is 25.5. The third-order valence-electron chi connectivity index (χ3n) is 5.70. The fourth-order valence-electron chi connectivity index (χ4n) is 3.76. The van der Waals surface area contributed by atoms with Gasteiger partial charge in [-0.05, 0) is 12.3 Å². The van der Waals surface area contributed by atoms with Gasteiger partial charge in [-0.2, -0.15) is 0 Å². The molecule has 0 saturated heterocycles. The second kappa shape index (κ2) is 19.2. The Bertz CT molecular complexity index is 301. The van der Waals surface area contributed by atoms with Crippen LogP contribution in [0.25, 0.3) is 0 Å². The monoisotopic (exact) mass is 367 g/mol. The predicted molar refractivity (Wildman–Crippen MR) is 117 cm³/mol. The Morgan fingerprint density at radius 1 is 0.615 bits per heavy atom. The molecule has 0 aromatic carbocycles. The SMILES string of the molecule is CCCCCCCCCCCCC(CCCCCC)CCC(=O)N(C)C. The second-order valence-corrected chi connectivity index (χ2v) is 8.51. The van der Waals surface area contributed by atoms with Crippen molar-refractivity contribution in [2.75, 3.05) is 14.1 Å². The molecule has 2 heteroatoms. The summed E-state index contributed by atoms with van der Waals surface area (Å²) in [5.74, 6) is 1.07. The van der Waals surface area contributed by atoms with Crippen LogP contribution in [-0.2, 0) is 4.79 Å². The summed E-state index contributed by atoms with van der Waals surface area (Å²) in [7, 11) is 3.75. The van der Waals surface area contributed by atoms with Crippen molar-refractivity contribution in [3.05, 3.63) is 0 Å². The topological polar surface area (TPSA) is 20.3 Å². The Labute approximate surface area is 165 Å².